The maximum absolute atomic E-state index is 13.6. The second kappa shape index (κ2) is 8.01. The van der Waals surface area contributed by atoms with Crippen molar-refractivity contribution in [1.82, 2.24) is 0 Å². The molecule has 0 unspecified atom stereocenters. The highest BCUT2D eigenvalue weighted by molar-refractivity contribution is 9.10. The summed E-state index contributed by atoms with van der Waals surface area (Å²) in [6.45, 7) is -0.0581. The molecule has 1 aromatic heterocycles. The molecule has 0 aliphatic heterocycles. The first kappa shape index (κ1) is 19.9. The fourth-order valence-electron chi connectivity index (χ4n) is 2.15. The zero-order valence-corrected chi connectivity index (χ0v) is 15.2. The maximum atomic E-state index is 13.6. The summed E-state index contributed by atoms with van der Waals surface area (Å²) in [7, 11) is 0. The number of amides is 1. The normalized spacial score (nSPS) is 10.8. The highest BCUT2D eigenvalue weighted by atomic mass is 79.9. The van der Waals surface area contributed by atoms with Gasteiger partial charge in [-0.05, 0) is 36.4 Å². The number of furan rings is 1. The molecule has 1 N–H and O–H groups in total. The van der Waals surface area contributed by atoms with E-state index in [1.165, 1.54) is 12.1 Å². The van der Waals surface area contributed by atoms with Crippen LogP contribution < -0.4 is 10.1 Å². The number of nitrogens with one attached hydrogen (secondary N) is 1. The number of ether oxygens (including phenoxy) is 1. The zero-order valence-electron chi connectivity index (χ0n) is 13.7. The molecule has 146 valence electrons. The third kappa shape index (κ3) is 4.01. The van der Waals surface area contributed by atoms with Crippen LogP contribution in [0.15, 0.2) is 45.3 Å². The van der Waals surface area contributed by atoms with Gasteiger partial charge in [0.05, 0.1) is 0 Å². The molecule has 4 nitrogen and oxygen atoms in total. The SMILES string of the molecule is O=C(Nc1c(F)c(F)c(F)c(F)c1F)c1ccc(COc2ccc(Br)cc2)o1. The van der Waals surface area contributed by atoms with Crippen LogP contribution in [-0.4, -0.2) is 5.91 Å². The number of carbonyl (C=O) groups is 1. The quantitative estimate of drug-likeness (QED) is 0.307. The van der Waals surface area contributed by atoms with Gasteiger partial charge in [-0.2, -0.15) is 0 Å². The highest BCUT2D eigenvalue weighted by Crippen LogP contribution is 2.27. The smallest absolute Gasteiger partial charge is 0.291 e. The van der Waals surface area contributed by atoms with Gasteiger partial charge in [0, 0.05) is 4.47 Å². The van der Waals surface area contributed by atoms with E-state index in [1.54, 1.807) is 29.6 Å². The van der Waals surface area contributed by atoms with Gasteiger partial charge in [0.25, 0.3) is 5.91 Å². The minimum atomic E-state index is -2.32. The molecule has 0 aliphatic carbocycles. The van der Waals surface area contributed by atoms with Crippen LogP contribution in [0.25, 0.3) is 0 Å². The maximum Gasteiger partial charge on any atom is 0.291 e. The van der Waals surface area contributed by atoms with Crippen molar-refractivity contribution in [3.05, 3.63) is 81.5 Å². The third-order valence-corrected chi connectivity index (χ3v) is 4.06. The molecular weight excluding hydrogens is 453 g/mol. The van der Waals surface area contributed by atoms with E-state index in [2.05, 4.69) is 15.9 Å². The van der Waals surface area contributed by atoms with Crippen molar-refractivity contribution in [2.24, 2.45) is 0 Å². The van der Waals surface area contributed by atoms with E-state index < -0.39 is 46.4 Å². The van der Waals surface area contributed by atoms with Gasteiger partial charge in [0.15, 0.2) is 29.0 Å². The monoisotopic (exact) mass is 461 g/mol. The fourth-order valence-corrected chi connectivity index (χ4v) is 2.42. The van der Waals surface area contributed by atoms with Crippen molar-refractivity contribution in [2.45, 2.75) is 6.61 Å². The molecule has 28 heavy (non-hydrogen) atoms. The first-order valence-corrected chi connectivity index (χ1v) is 8.37. The van der Waals surface area contributed by atoms with Crippen LogP contribution in [0.3, 0.4) is 0 Å². The van der Waals surface area contributed by atoms with Crippen LogP contribution in [0.4, 0.5) is 27.6 Å². The predicted octanol–water partition coefficient (Wildman–Crippen LogP) is 5.57. The second-order valence-corrected chi connectivity index (χ2v) is 6.32. The van der Waals surface area contributed by atoms with Crippen LogP contribution in [0.1, 0.15) is 16.3 Å². The number of anilines is 1. The number of hydrogen-bond donors (Lipinski definition) is 1. The first-order valence-electron chi connectivity index (χ1n) is 7.57. The van der Waals surface area contributed by atoms with E-state index in [0.29, 0.717) is 5.75 Å². The second-order valence-electron chi connectivity index (χ2n) is 5.41. The van der Waals surface area contributed by atoms with Gasteiger partial charge in [-0.25, -0.2) is 22.0 Å². The molecule has 0 spiro atoms. The molecule has 2 aromatic carbocycles. The van der Waals surface area contributed by atoms with Crippen molar-refractivity contribution in [1.29, 1.82) is 0 Å². The molecule has 1 amide bonds. The summed E-state index contributed by atoms with van der Waals surface area (Å²) in [6, 6.07) is 9.41. The van der Waals surface area contributed by atoms with Crippen LogP contribution >= 0.6 is 15.9 Å². The Morgan fingerprint density at radius 1 is 0.893 bits per heavy atom. The van der Waals surface area contributed by atoms with Crippen molar-refractivity contribution in [3.63, 3.8) is 0 Å². The lowest BCUT2D eigenvalue weighted by atomic mass is 10.2. The Morgan fingerprint density at radius 2 is 1.46 bits per heavy atom. The topological polar surface area (TPSA) is 51.5 Å². The number of benzene rings is 2. The average molecular weight is 462 g/mol. The van der Waals surface area contributed by atoms with E-state index in [4.69, 9.17) is 9.15 Å². The van der Waals surface area contributed by atoms with E-state index in [-0.39, 0.29) is 12.4 Å². The first-order chi connectivity index (χ1) is 13.3. The van der Waals surface area contributed by atoms with Gasteiger partial charge in [0.2, 0.25) is 5.82 Å². The Balaban J connectivity index is 1.72. The van der Waals surface area contributed by atoms with Crippen LogP contribution in [0.2, 0.25) is 0 Å². The summed E-state index contributed by atoms with van der Waals surface area (Å²) < 4.78 is 78.1. The van der Waals surface area contributed by atoms with Gasteiger partial charge in [-0.15, -0.1) is 0 Å². The molecule has 0 fully saturated rings. The summed E-state index contributed by atoms with van der Waals surface area (Å²) in [5, 5.41) is 1.62. The van der Waals surface area contributed by atoms with Crippen molar-refractivity contribution >= 4 is 27.5 Å². The van der Waals surface area contributed by atoms with Crippen LogP contribution in [0, 0.1) is 29.1 Å². The number of hydrogen-bond acceptors (Lipinski definition) is 3. The van der Waals surface area contributed by atoms with E-state index in [1.807, 2.05) is 0 Å². The zero-order chi connectivity index (χ0) is 20.4. The Kier molecular flexibility index (Phi) is 5.68. The van der Waals surface area contributed by atoms with Crippen molar-refractivity contribution in [3.8, 4) is 5.75 Å². The summed E-state index contributed by atoms with van der Waals surface area (Å²) in [5.41, 5.74) is -1.47. The van der Waals surface area contributed by atoms with E-state index >= 15 is 0 Å². The summed E-state index contributed by atoms with van der Waals surface area (Å²) in [4.78, 5) is 12.0. The molecule has 0 aliphatic rings. The summed E-state index contributed by atoms with van der Waals surface area (Å²) in [5.74, 6) is -11.9. The van der Waals surface area contributed by atoms with E-state index in [0.717, 1.165) is 4.47 Å². The van der Waals surface area contributed by atoms with Gasteiger partial charge in [0.1, 0.15) is 23.8 Å². The molecule has 3 rings (SSSR count). The predicted molar refractivity (Wildman–Crippen MR) is 91.4 cm³/mol. The summed E-state index contributed by atoms with van der Waals surface area (Å²) in [6.07, 6.45) is 0. The Bertz CT molecular complexity index is 1010. The molecule has 0 saturated carbocycles. The largest absolute Gasteiger partial charge is 0.486 e. The number of carbonyl (C=O) groups excluding carboxylic acids is 1. The lowest BCUT2D eigenvalue weighted by Crippen LogP contribution is -2.16. The Morgan fingerprint density at radius 3 is 2.07 bits per heavy atom. The molecule has 0 atom stereocenters. The Hall–Kier alpha value is -2.88. The molecule has 3 aromatic rings. The minimum absolute atomic E-state index is 0.0581. The van der Waals surface area contributed by atoms with E-state index in [9.17, 15) is 26.7 Å². The molecule has 1 heterocycles. The lowest BCUT2D eigenvalue weighted by Gasteiger charge is -2.08. The summed E-state index contributed by atoms with van der Waals surface area (Å²) >= 11 is 3.27. The van der Waals surface area contributed by atoms with Crippen molar-refractivity contribution in [2.75, 3.05) is 5.32 Å². The molecule has 0 radical (unpaired) electrons. The Labute approximate surface area is 163 Å². The standard InChI is InChI=1S/C18H9BrF5NO3/c19-8-1-3-9(4-2-8)27-7-10-5-6-11(28-10)18(26)25-17-15(23)13(21)12(20)14(22)16(17)24/h1-6H,7H2,(H,25,26). The van der Waals surface area contributed by atoms with Crippen LogP contribution in [-0.2, 0) is 6.61 Å². The molecule has 10 heteroatoms. The van der Waals surface area contributed by atoms with Gasteiger partial charge < -0.3 is 14.5 Å². The fraction of sp³-hybridized carbons (Fsp3) is 0.0556. The molecule has 0 bridgehead atoms. The van der Waals surface area contributed by atoms with Gasteiger partial charge in [-0.1, -0.05) is 15.9 Å². The highest BCUT2D eigenvalue weighted by Gasteiger charge is 2.27. The average Bonchev–Trinajstić information content (AvgIpc) is 3.17. The van der Waals surface area contributed by atoms with Crippen molar-refractivity contribution < 1.29 is 35.9 Å². The van der Waals surface area contributed by atoms with Crippen LogP contribution in [0.5, 0.6) is 5.75 Å². The van der Waals surface area contributed by atoms with Gasteiger partial charge >= 0.3 is 0 Å². The van der Waals surface area contributed by atoms with Gasteiger partial charge in [-0.3, -0.25) is 4.79 Å². The molecular formula is C18H9BrF5NO3. The lowest BCUT2D eigenvalue weighted by molar-refractivity contribution is 0.0991. The minimum Gasteiger partial charge on any atom is -0.486 e. The number of rotatable bonds is 5. The third-order valence-electron chi connectivity index (χ3n) is 3.53. The molecule has 0 saturated heterocycles. The number of halogens is 6.